The Balaban J connectivity index is 1.89. The summed E-state index contributed by atoms with van der Waals surface area (Å²) in [5.41, 5.74) is -0.0798. The molecule has 0 spiro atoms. The smallest absolute Gasteiger partial charge is 0.271 e. The van der Waals surface area contributed by atoms with Gasteiger partial charge in [0.1, 0.15) is 5.69 Å². The van der Waals surface area contributed by atoms with Gasteiger partial charge in [-0.2, -0.15) is 5.10 Å². The summed E-state index contributed by atoms with van der Waals surface area (Å²) in [6, 6.07) is 2.72. The molecule has 1 fully saturated rings. The fraction of sp³-hybridized carbons (Fsp3) is 0.615. The largest absolute Gasteiger partial charge is 0.350 e. The Hall–Kier alpha value is -1.36. The molecule has 104 valence electrons. The van der Waals surface area contributed by atoms with Crippen LogP contribution in [0.5, 0.6) is 0 Å². The predicted octanol–water partition coefficient (Wildman–Crippen LogP) is 1.54. The summed E-state index contributed by atoms with van der Waals surface area (Å²) in [5, 5.41) is 8.83. The van der Waals surface area contributed by atoms with Crippen LogP contribution in [0.1, 0.15) is 36.2 Å². The lowest BCUT2D eigenvalue weighted by Gasteiger charge is -2.30. The number of H-pyrrole nitrogens is 1. The first-order valence-corrected chi connectivity index (χ1v) is 7.14. The van der Waals surface area contributed by atoms with Crippen LogP contribution in [0, 0.1) is 11.8 Å². The van der Waals surface area contributed by atoms with Crippen LogP contribution in [-0.2, 0) is 0 Å². The number of nitrogens with one attached hydrogen (secondary N) is 2. The van der Waals surface area contributed by atoms with E-state index < -0.39 is 0 Å². The molecule has 19 heavy (non-hydrogen) atoms. The SMILES string of the molecule is O=C(NCC1CCCCC1CCl)c1ccc(=O)[nH]n1. The fourth-order valence-corrected chi connectivity index (χ4v) is 2.95. The van der Waals surface area contributed by atoms with Crippen LogP contribution in [0.4, 0.5) is 0 Å². The average molecular weight is 284 g/mol. The summed E-state index contributed by atoms with van der Waals surface area (Å²) < 4.78 is 0. The summed E-state index contributed by atoms with van der Waals surface area (Å²) in [5.74, 6) is 1.32. The van der Waals surface area contributed by atoms with Gasteiger partial charge in [-0.25, -0.2) is 5.10 Å². The molecule has 2 N–H and O–H groups in total. The van der Waals surface area contributed by atoms with Gasteiger partial charge in [0.2, 0.25) is 0 Å². The number of nitrogens with zero attached hydrogens (tertiary/aromatic N) is 1. The lowest BCUT2D eigenvalue weighted by molar-refractivity contribution is 0.0930. The molecule has 0 aromatic carbocycles. The van der Waals surface area contributed by atoms with Crippen molar-refractivity contribution in [3.8, 4) is 0 Å². The molecule has 1 aromatic rings. The highest BCUT2D eigenvalue weighted by atomic mass is 35.5. The summed E-state index contributed by atoms with van der Waals surface area (Å²) >= 11 is 5.96. The Bertz CT molecular complexity index is 469. The minimum absolute atomic E-state index is 0.234. The van der Waals surface area contributed by atoms with Gasteiger partial charge in [-0.3, -0.25) is 9.59 Å². The first-order valence-electron chi connectivity index (χ1n) is 6.60. The number of rotatable bonds is 4. The third kappa shape index (κ3) is 3.80. The number of alkyl halides is 1. The van der Waals surface area contributed by atoms with E-state index in [1.165, 1.54) is 25.0 Å². The van der Waals surface area contributed by atoms with E-state index in [-0.39, 0.29) is 17.2 Å². The molecule has 1 heterocycles. The fourth-order valence-electron chi connectivity index (χ4n) is 2.54. The number of aromatic amines is 1. The molecule has 2 atom stereocenters. The van der Waals surface area contributed by atoms with E-state index in [1.807, 2.05) is 0 Å². The van der Waals surface area contributed by atoms with E-state index in [0.717, 1.165) is 12.8 Å². The van der Waals surface area contributed by atoms with Gasteiger partial charge in [-0.1, -0.05) is 12.8 Å². The van der Waals surface area contributed by atoms with Gasteiger partial charge < -0.3 is 5.32 Å². The number of halogens is 1. The molecule has 1 aliphatic rings. The lowest BCUT2D eigenvalue weighted by Crippen LogP contribution is -2.35. The summed E-state index contributed by atoms with van der Waals surface area (Å²) in [6.07, 6.45) is 4.67. The molecule has 0 bridgehead atoms. The van der Waals surface area contributed by atoms with Crippen LogP contribution in [0.2, 0.25) is 0 Å². The van der Waals surface area contributed by atoms with Crippen molar-refractivity contribution in [2.75, 3.05) is 12.4 Å². The Morgan fingerprint density at radius 3 is 2.74 bits per heavy atom. The van der Waals surface area contributed by atoms with E-state index in [2.05, 4.69) is 15.5 Å². The number of carbonyl (C=O) groups is 1. The van der Waals surface area contributed by atoms with Crippen LogP contribution < -0.4 is 10.9 Å². The van der Waals surface area contributed by atoms with E-state index in [9.17, 15) is 9.59 Å². The standard InChI is InChI=1S/C13H18ClN3O2/c14-7-9-3-1-2-4-10(9)8-15-13(19)11-5-6-12(18)17-16-11/h5-6,9-10H,1-4,7-8H2,(H,15,19)(H,17,18). The highest BCUT2D eigenvalue weighted by Crippen LogP contribution is 2.30. The Morgan fingerprint density at radius 1 is 1.37 bits per heavy atom. The van der Waals surface area contributed by atoms with Crippen LogP contribution in [0.3, 0.4) is 0 Å². The number of hydrogen-bond acceptors (Lipinski definition) is 3. The number of amides is 1. The molecule has 1 saturated carbocycles. The molecule has 0 saturated heterocycles. The Kier molecular flexibility index (Phi) is 4.96. The second-order valence-electron chi connectivity index (χ2n) is 4.98. The number of hydrogen-bond donors (Lipinski definition) is 2. The zero-order chi connectivity index (χ0) is 13.7. The predicted molar refractivity (Wildman–Crippen MR) is 73.4 cm³/mol. The van der Waals surface area contributed by atoms with Gasteiger partial charge in [-0.15, -0.1) is 11.6 Å². The van der Waals surface area contributed by atoms with Gasteiger partial charge in [0.25, 0.3) is 11.5 Å². The molecular formula is C13H18ClN3O2. The molecule has 1 aliphatic carbocycles. The Labute approximate surface area is 116 Å². The van der Waals surface area contributed by atoms with Crippen molar-refractivity contribution in [3.05, 3.63) is 28.2 Å². The van der Waals surface area contributed by atoms with Crippen molar-refractivity contribution in [2.45, 2.75) is 25.7 Å². The van der Waals surface area contributed by atoms with Gasteiger partial charge in [-0.05, 0) is 30.7 Å². The average Bonchev–Trinajstić information content (AvgIpc) is 2.45. The first-order chi connectivity index (χ1) is 9.20. The molecule has 0 aliphatic heterocycles. The van der Waals surface area contributed by atoms with E-state index in [0.29, 0.717) is 24.3 Å². The molecular weight excluding hydrogens is 266 g/mol. The van der Waals surface area contributed by atoms with Crippen molar-refractivity contribution >= 4 is 17.5 Å². The minimum Gasteiger partial charge on any atom is -0.350 e. The molecule has 1 aromatic heterocycles. The number of aromatic nitrogens is 2. The summed E-state index contributed by atoms with van der Waals surface area (Å²) in [7, 11) is 0. The van der Waals surface area contributed by atoms with Gasteiger partial charge in [0.15, 0.2) is 0 Å². The summed E-state index contributed by atoms with van der Waals surface area (Å²) in [4.78, 5) is 22.7. The van der Waals surface area contributed by atoms with E-state index in [4.69, 9.17) is 11.6 Å². The van der Waals surface area contributed by atoms with Crippen molar-refractivity contribution in [2.24, 2.45) is 11.8 Å². The molecule has 5 nitrogen and oxygen atoms in total. The third-order valence-electron chi connectivity index (χ3n) is 3.70. The van der Waals surface area contributed by atoms with E-state index >= 15 is 0 Å². The quantitative estimate of drug-likeness (QED) is 0.823. The van der Waals surface area contributed by atoms with E-state index in [1.54, 1.807) is 0 Å². The zero-order valence-corrected chi connectivity index (χ0v) is 11.4. The normalized spacial score (nSPS) is 23.0. The molecule has 2 unspecified atom stereocenters. The third-order valence-corrected chi connectivity index (χ3v) is 4.10. The maximum atomic E-state index is 11.9. The van der Waals surface area contributed by atoms with Gasteiger partial charge >= 0.3 is 0 Å². The molecule has 1 amide bonds. The highest BCUT2D eigenvalue weighted by molar-refractivity contribution is 6.18. The zero-order valence-electron chi connectivity index (χ0n) is 10.7. The molecule has 6 heteroatoms. The van der Waals surface area contributed by atoms with Crippen LogP contribution >= 0.6 is 11.6 Å². The molecule has 0 radical (unpaired) electrons. The minimum atomic E-state index is -0.314. The van der Waals surface area contributed by atoms with Gasteiger partial charge in [0.05, 0.1) is 0 Å². The van der Waals surface area contributed by atoms with Gasteiger partial charge in [0, 0.05) is 18.5 Å². The number of carbonyl (C=O) groups excluding carboxylic acids is 1. The van der Waals surface area contributed by atoms with Crippen molar-refractivity contribution in [1.82, 2.24) is 15.5 Å². The maximum Gasteiger partial charge on any atom is 0.271 e. The lowest BCUT2D eigenvalue weighted by atomic mass is 9.80. The maximum absolute atomic E-state index is 11.9. The summed E-state index contributed by atoms with van der Waals surface area (Å²) in [6.45, 7) is 0.622. The van der Waals surface area contributed by atoms with Crippen LogP contribution in [0.15, 0.2) is 16.9 Å². The molecule has 2 rings (SSSR count). The topological polar surface area (TPSA) is 74.8 Å². The second-order valence-corrected chi connectivity index (χ2v) is 5.28. The second kappa shape index (κ2) is 6.70. The highest BCUT2D eigenvalue weighted by Gasteiger charge is 2.24. The first kappa shape index (κ1) is 14.1. The van der Waals surface area contributed by atoms with Crippen molar-refractivity contribution in [1.29, 1.82) is 0 Å². The van der Waals surface area contributed by atoms with Crippen molar-refractivity contribution in [3.63, 3.8) is 0 Å². The van der Waals surface area contributed by atoms with Crippen LogP contribution in [0.25, 0.3) is 0 Å². The monoisotopic (exact) mass is 283 g/mol. The Morgan fingerprint density at radius 2 is 2.11 bits per heavy atom. The van der Waals surface area contributed by atoms with Crippen molar-refractivity contribution < 1.29 is 4.79 Å². The van der Waals surface area contributed by atoms with Crippen LogP contribution in [-0.4, -0.2) is 28.5 Å².